The van der Waals surface area contributed by atoms with E-state index in [4.69, 9.17) is 4.74 Å². The molecule has 6 heteroatoms. The molecule has 2 rings (SSSR count). The number of carbonyl (C=O) groups excluding carboxylic acids is 1. The van der Waals surface area contributed by atoms with Crippen molar-refractivity contribution < 1.29 is 9.53 Å². The number of aryl methyl sites for hydroxylation is 1. The van der Waals surface area contributed by atoms with Gasteiger partial charge in [0.25, 0.3) is 11.5 Å². The Morgan fingerprint density at radius 3 is 2.81 bits per heavy atom. The normalized spacial score (nSPS) is 16.0. The van der Waals surface area contributed by atoms with Gasteiger partial charge in [0.1, 0.15) is 5.69 Å². The molecular weight excluding hydrogens is 270 g/mol. The van der Waals surface area contributed by atoms with Crippen molar-refractivity contribution in [1.82, 2.24) is 14.7 Å². The zero-order valence-electron chi connectivity index (χ0n) is 12.3. The van der Waals surface area contributed by atoms with Gasteiger partial charge in [0.2, 0.25) is 0 Å². The molecule has 1 amide bonds. The second kappa shape index (κ2) is 7.17. The highest BCUT2D eigenvalue weighted by atomic mass is 16.5. The second-order valence-electron chi connectivity index (χ2n) is 5.24. The van der Waals surface area contributed by atoms with E-state index in [1.54, 1.807) is 18.0 Å². The molecule has 0 atom stereocenters. The van der Waals surface area contributed by atoms with E-state index in [-0.39, 0.29) is 11.5 Å². The van der Waals surface area contributed by atoms with E-state index in [1.807, 2.05) is 0 Å². The largest absolute Gasteiger partial charge is 0.377 e. The van der Waals surface area contributed by atoms with Gasteiger partial charge >= 0.3 is 0 Å². The first kappa shape index (κ1) is 15.4. The van der Waals surface area contributed by atoms with Crippen LogP contribution in [0.25, 0.3) is 0 Å². The lowest BCUT2D eigenvalue weighted by molar-refractivity contribution is 0.0569. The van der Waals surface area contributed by atoms with E-state index in [0.717, 1.165) is 12.8 Å². The molecule has 6 nitrogen and oxygen atoms in total. The Morgan fingerprint density at radius 2 is 2.19 bits per heavy atom. The van der Waals surface area contributed by atoms with Gasteiger partial charge in [-0.1, -0.05) is 6.08 Å². The molecule has 2 heterocycles. The molecule has 1 aliphatic heterocycles. The van der Waals surface area contributed by atoms with Gasteiger partial charge < -0.3 is 9.64 Å². The first-order valence-electron chi connectivity index (χ1n) is 7.14. The molecule has 0 saturated carbocycles. The number of nitrogens with zero attached hydrogens (tertiary/aromatic N) is 3. The van der Waals surface area contributed by atoms with Crippen molar-refractivity contribution in [3.8, 4) is 0 Å². The monoisotopic (exact) mass is 291 g/mol. The number of carbonyl (C=O) groups is 1. The molecule has 21 heavy (non-hydrogen) atoms. The summed E-state index contributed by atoms with van der Waals surface area (Å²) in [4.78, 5) is 25.4. The minimum absolute atomic E-state index is 0.115. The molecule has 0 aromatic carbocycles. The van der Waals surface area contributed by atoms with Gasteiger partial charge in [-0.25, -0.2) is 4.68 Å². The number of aromatic nitrogens is 2. The quantitative estimate of drug-likeness (QED) is 0.595. The van der Waals surface area contributed by atoms with Gasteiger partial charge in [-0.3, -0.25) is 9.59 Å². The Morgan fingerprint density at radius 1 is 1.48 bits per heavy atom. The fourth-order valence-electron chi connectivity index (χ4n) is 2.40. The number of ether oxygens (including phenoxy) is 1. The van der Waals surface area contributed by atoms with Gasteiger partial charge in [-0.2, -0.15) is 5.10 Å². The fraction of sp³-hybridized carbons (Fsp3) is 0.533. The standard InChI is InChI=1S/C15H21N3O3/c1-3-10-21-11-12-6-8-18(9-7-12)15(20)13-4-5-14(19)17(2)16-13/h3-5,12H,1,6-11H2,2H3. The lowest BCUT2D eigenvalue weighted by Crippen LogP contribution is -2.40. The van der Waals surface area contributed by atoms with Crippen molar-refractivity contribution in [1.29, 1.82) is 0 Å². The molecule has 1 aliphatic rings. The first-order chi connectivity index (χ1) is 10.1. The van der Waals surface area contributed by atoms with Gasteiger partial charge in [-0.05, 0) is 24.8 Å². The number of hydrogen-bond acceptors (Lipinski definition) is 4. The summed E-state index contributed by atoms with van der Waals surface area (Å²) in [5.74, 6) is 0.373. The summed E-state index contributed by atoms with van der Waals surface area (Å²) in [6, 6.07) is 2.86. The summed E-state index contributed by atoms with van der Waals surface area (Å²) in [5, 5.41) is 4.00. The van der Waals surface area contributed by atoms with Crippen LogP contribution in [-0.4, -0.2) is 46.9 Å². The van der Waals surface area contributed by atoms with Crippen LogP contribution in [0.1, 0.15) is 23.3 Å². The molecule has 1 fully saturated rings. The van der Waals surface area contributed by atoms with Crippen molar-refractivity contribution in [2.24, 2.45) is 13.0 Å². The van der Waals surface area contributed by atoms with Gasteiger partial charge in [-0.15, -0.1) is 6.58 Å². The number of piperidine rings is 1. The summed E-state index contributed by atoms with van der Waals surface area (Å²) in [6.07, 6.45) is 3.59. The van der Waals surface area contributed by atoms with Crippen molar-refractivity contribution in [2.75, 3.05) is 26.3 Å². The van der Waals surface area contributed by atoms with Crippen LogP contribution in [0.3, 0.4) is 0 Å². The zero-order chi connectivity index (χ0) is 15.2. The average molecular weight is 291 g/mol. The summed E-state index contributed by atoms with van der Waals surface area (Å²) in [6.45, 7) is 6.30. The highest BCUT2D eigenvalue weighted by molar-refractivity contribution is 5.92. The molecule has 0 bridgehead atoms. The third-order valence-corrected chi connectivity index (χ3v) is 3.67. The van der Waals surface area contributed by atoms with Gasteiger partial charge in [0.15, 0.2) is 0 Å². The van der Waals surface area contributed by atoms with E-state index in [1.165, 1.54) is 16.8 Å². The Balaban J connectivity index is 1.89. The molecule has 0 aliphatic carbocycles. The van der Waals surface area contributed by atoms with Crippen molar-refractivity contribution in [2.45, 2.75) is 12.8 Å². The summed E-state index contributed by atoms with van der Waals surface area (Å²) >= 11 is 0. The molecular formula is C15H21N3O3. The van der Waals surface area contributed by atoms with Crippen LogP contribution < -0.4 is 5.56 Å². The number of amides is 1. The molecule has 114 valence electrons. The Labute approximate surface area is 124 Å². The van der Waals surface area contributed by atoms with E-state index >= 15 is 0 Å². The minimum atomic E-state index is -0.218. The second-order valence-corrected chi connectivity index (χ2v) is 5.24. The lowest BCUT2D eigenvalue weighted by atomic mass is 9.97. The smallest absolute Gasteiger partial charge is 0.274 e. The van der Waals surface area contributed by atoms with Crippen LogP contribution in [0, 0.1) is 5.92 Å². The predicted octanol–water partition coefficient (Wildman–Crippen LogP) is 0.835. The summed E-state index contributed by atoms with van der Waals surface area (Å²) in [5.41, 5.74) is 0.100. The van der Waals surface area contributed by atoms with Crippen molar-refractivity contribution >= 4 is 5.91 Å². The zero-order valence-corrected chi connectivity index (χ0v) is 12.3. The number of hydrogen-bond donors (Lipinski definition) is 0. The van der Waals surface area contributed by atoms with Gasteiger partial charge in [0.05, 0.1) is 6.61 Å². The van der Waals surface area contributed by atoms with Crippen LogP contribution >= 0.6 is 0 Å². The van der Waals surface area contributed by atoms with Crippen LogP contribution in [0.15, 0.2) is 29.6 Å². The van der Waals surface area contributed by atoms with Gasteiger partial charge in [0, 0.05) is 32.8 Å². The topological polar surface area (TPSA) is 64.4 Å². The van der Waals surface area contributed by atoms with E-state index < -0.39 is 0 Å². The van der Waals surface area contributed by atoms with E-state index in [0.29, 0.717) is 37.9 Å². The van der Waals surface area contributed by atoms with E-state index in [9.17, 15) is 9.59 Å². The molecule has 0 N–H and O–H groups in total. The van der Waals surface area contributed by atoms with E-state index in [2.05, 4.69) is 11.7 Å². The number of rotatable bonds is 5. The first-order valence-corrected chi connectivity index (χ1v) is 7.14. The fourth-order valence-corrected chi connectivity index (χ4v) is 2.40. The maximum atomic E-state index is 12.3. The molecule has 1 aromatic heterocycles. The maximum absolute atomic E-state index is 12.3. The minimum Gasteiger partial charge on any atom is -0.377 e. The molecule has 1 saturated heterocycles. The van der Waals surface area contributed by atoms with Crippen LogP contribution in [0.2, 0.25) is 0 Å². The maximum Gasteiger partial charge on any atom is 0.274 e. The lowest BCUT2D eigenvalue weighted by Gasteiger charge is -2.31. The number of likely N-dealkylation sites (tertiary alicyclic amines) is 1. The summed E-state index contributed by atoms with van der Waals surface area (Å²) < 4.78 is 6.64. The molecule has 1 aromatic rings. The van der Waals surface area contributed by atoms with Crippen LogP contribution in [0.4, 0.5) is 0 Å². The molecule has 0 radical (unpaired) electrons. The highest BCUT2D eigenvalue weighted by Crippen LogP contribution is 2.18. The third kappa shape index (κ3) is 4.01. The van der Waals surface area contributed by atoms with Crippen LogP contribution in [0.5, 0.6) is 0 Å². The molecule has 0 unspecified atom stereocenters. The summed E-state index contributed by atoms with van der Waals surface area (Å²) in [7, 11) is 1.54. The highest BCUT2D eigenvalue weighted by Gasteiger charge is 2.24. The molecule has 0 spiro atoms. The Bertz CT molecular complexity index is 560. The average Bonchev–Trinajstić information content (AvgIpc) is 2.50. The van der Waals surface area contributed by atoms with Crippen molar-refractivity contribution in [3.63, 3.8) is 0 Å². The SMILES string of the molecule is C=CCOCC1CCN(C(=O)c2ccc(=O)n(C)n2)CC1. The van der Waals surface area contributed by atoms with Crippen molar-refractivity contribution in [3.05, 3.63) is 40.8 Å². The Hall–Kier alpha value is -1.95. The third-order valence-electron chi connectivity index (χ3n) is 3.67. The van der Waals surface area contributed by atoms with Crippen LogP contribution in [-0.2, 0) is 11.8 Å². The predicted molar refractivity (Wildman–Crippen MR) is 79.1 cm³/mol. The Kier molecular flexibility index (Phi) is 5.27.